The number of hydrazone groups is 1. The average Bonchev–Trinajstić information content (AvgIpc) is 3.09. The van der Waals surface area contributed by atoms with Gasteiger partial charge >= 0.3 is 0 Å². The molecule has 1 N–H and O–H groups in total. The first kappa shape index (κ1) is 16.9. The fourth-order valence-electron chi connectivity index (χ4n) is 2.11. The second-order valence-electron chi connectivity index (χ2n) is 4.97. The van der Waals surface area contributed by atoms with Crippen LogP contribution >= 0.6 is 11.8 Å². The summed E-state index contributed by atoms with van der Waals surface area (Å²) in [7, 11) is 1.52. The summed E-state index contributed by atoms with van der Waals surface area (Å²) in [6.07, 6.45) is 1.46. The number of carbonyl (C=O) groups excluding carboxylic acids is 1. The van der Waals surface area contributed by atoms with Gasteiger partial charge in [0, 0.05) is 4.90 Å². The van der Waals surface area contributed by atoms with Crippen molar-refractivity contribution in [2.45, 2.75) is 9.99 Å². The third-order valence-corrected chi connectivity index (χ3v) is 4.20. The Balaban J connectivity index is 1.60. The first-order chi connectivity index (χ1) is 12.3. The van der Waals surface area contributed by atoms with E-state index in [4.69, 9.17) is 9.15 Å². The first-order valence-electron chi connectivity index (χ1n) is 7.55. The molecule has 0 atom stereocenters. The first-order valence-corrected chi connectivity index (χ1v) is 8.37. The lowest BCUT2D eigenvalue weighted by molar-refractivity contribution is 0.0952. The number of nitrogens with one attached hydrogen (secondary N) is 1. The second kappa shape index (κ2) is 8.21. The Bertz CT molecular complexity index is 875. The molecule has 3 aromatic rings. The van der Waals surface area contributed by atoms with E-state index in [0.717, 1.165) is 9.99 Å². The standard InChI is InChI=1S/C19H16N2O3S/c1-23-17-10-6-5-9-16(17)19(22)21-20-13-14-11-12-18(24-14)25-15-7-3-2-4-8-15/h2-13H,1H3,(H,21,22)/b20-13-. The van der Waals surface area contributed by atoms with E-state index in [1.54, 1.807) is 30.3 Å². The number of methoxy groups -OCH3 is 1. The molecule has 1 aromatic heterocycles. The summed E-state index contributed by atoms with van der Waals surface area (Å²) in [6, 6.07) is 20.5. The molecule has 0 unspecified atom stereocenters. The zero-order valence-corrected chi connectivity index (χ0v) is 14.3. The van der Waals surface area contributed by atoms with Crippen LogP contribution in [0.1, 0.15) is 16.1 Å². The van der Waals surface area contributed by atoms with Gasteiger partial charge in [0.25, 0.3) is 5.91 Å². The van der Waals surface area contributed by atoms with Crippen LogP contribution in [0.2, 0.25) is 0 Å². The topological polar surface area (TPSA) is 63.8 Å². The Kier molecular flexibility index (Phi) is 5.53. The number of rotatable bonds is 6. The molecule has 25 heavy (non-hydrogen) atoms. The van der Waals surface area contributed by atoms with Gasteiger partial charge in [-0.3, -0.25) is 4.79 Å². The molecular formula is C19H16N2O3S. The monoisotopic (exact) mass is 352 g/mol. The Morgan fingerprint density at radius 3 is 2.64 bits per heavy atom. The molecule has 0 fully saturated rings. The van der Waals surface area contributed by atoms with Gasteiger partial charge in [0.15, 0.2) is 5.09 Å². The van der Waals surface area contributed by atoms with Gasteiger partial charge < -0.3 is 9.15 Å². The molecule has 0 spiro atoms. The summed E-state index contributed by atoms with van der Waals surface area (Å²) < 4.78 is 10.8. The summed E-state index contributed by atoms with van der Waals surface area (Å²) in [5.41, 5.74) is 2.88. The van der Waals surface area contributed by atoms with Crippen LogP contribution < -0.4 is 10.2 Å². The van der Waals surface area contributed by atoms with Crippen molar-refractivity contribution in [3.63, 3.8) is 0 Å². The third-order valence-electron chi connectivity index (χ3n) is 3.27. The highest BCUT2D eigenvalue weighted by molar-refractivity contribution is 7.99. The van der Waals surface area contributed by atoms with E-state index in [1.807, 2.05) is 36.4 Å². The van der Waals surface area contributed by atoms with Gasteiger partial charge in [-0.05, 0) is 36.4 Å². The molecule has 0 bridgehead atoms. The number of ether oxygens (including phenoxy) is 1. The van der Waals surface area contributed by atoms with Gasteiger partial charge in [-0.25, -0.2) is 5.43 Å². The molecule has 1 heterocycles. The number of para-hydroxylation sites is 1. The largest absolute Gasteiger partial charge is 0.496 e. The maximum Gasteiger partial charge on any atom is 0.275 e. The normalized spacial score (nSPS) is 10.8. The van der Waals surface area contributed by atoms with Gasteiger partial charge in [-0.1, -0.05) is 42.1 Å². The Hall–Kier alpha value is -2.99. The van der Waals surface area contributed by atoms with Crippen LogP contribution in [0.25, 0.3) is 0 Å². The SMILES string of the molecule is COc1ccccc1C(=O)N/N=C\c1ccc(Sc2ccccc2)o1. The zero-order chi connectivity index (χ0) is 17.5. The second-order valence-corrected chi connectivity index (χ2v) is 6.05. The van der Waals surface area contributed by atoms with Crippen molar-refractivity contribution < 1.29 is 13.9 Å². The Morgan fingerprint density at radius 1 is 1.08 bits per heavy atom. The maximum atomic E-state index is 12.1. The molecule has 1 amide bonds. The lowest BCUT2D eigenvalue weighted by atomic mass is 10.2. The molecule has 0 saturated heterocycles. The van der Waals surface area contributed by atoms with Crippen LogP contribution in [0.15, 0.2) is 86.2 Å². The summed E-state index contributed by atoms with van der Waals surface area (Å²) in [5, 5.41) is 4.68. The smallest absolute Gasteiger partial charge is 0.275 e. The molecule has 0 aliphatic heterocycles. The molecule has 6 heteroatoms. The minimum absolute atomic E-state index is 0.348. The molecule has 0 aliphatic carbocycles. The predicted octanol–water partition coefficient (Wildman–Crippen LogP) is 4.20. The molecule has 0 aliphatic rings. The molecule has 0 radical (unpaired) electrons. The molecule has 3 rings (SSSR count). The fourth-order valence-corrected chi connectivity index (χ4v) is 2.91. The maximum absolute atomic E-state index is 12.1. The van der Waals surface area contributed by atoms with Gasteiger partial charge in [-0.2, -0.15) is 5.10 Å². The fraction of sp³-hybridized carbons (Fsp3) is 0.0526. The van der Waals surface area contributed by atoms with E-state index in [2.05, 4.69) is 10.5 Å². The van der Waals surface area contributed by atoms with E-state index >= 15 is 0 Å². The summed E-state index contributed by atoms with van der Waals surface area (Å²) in [6.45, 7) is 0. The third kappa shape index (κ3) is 4.51. The highest BCUT2D eigenvalue weighted by Gasteiger charge is 2.10. The van der Waals surface area contributed by atoms with Gasteiger partial charge in [0.1, 0.15) is 11.5 Å². The number of nitrogens with zero attached hydrogens (tertiary/aromatic N) is 1. The van der Waals surface area contributed by atoms with Crippen LogP contribution in [0, 0.1) is 0 Å². The van der Waals surface area contributed by atoms with Crippen LogP contribution in [0.5, 0.6) is 5.75 Å². The van der Waals surface area contributed by atoms with Crippen LogP contribution in [-0.4, -0.2) is 19.2 Å². The predicted molar refractivity (Wildman–Crippen MR) is 97.3 cm³/mol. The number of amides is 1. The number of furan rings is 1. The summed E-state index contributed by atoms with van der Waals surface area (Å²) in [5.74, 6) is 0.702. The van der Waals surface area contributed by atoms with Crippen molar-refractivity contribution in [3.05, 3.63) is 78.1 Å². The summed E-state index contributed by atoms with van der Waals surface area (Å²) >= 11 is 1.52. The lowest BCUT2D eigenvalue weighted by Crippen LogP contribution is -2.18. The van der Waals surface area contributed by atoms with E-state index < -0.39 is 0 Å². The van der Waals surface area contributed by atoms with Crippen LogP contribution in [-0.2, 0) is 0 Å². The van der Waals surface area contributed by atoms with Crippen molar-refractivity contribution in [3.8, 4) is 5.75 Å². The molecule has 2 aromatic carbocycles. The number of hydrogen-bond donors (Lipinski definition) is 1. The Labute approximate surface area is 149 Å². The van der Waals surface area contributed by atoms with Crippen LogP contribution in [0.4, 0.5) is 0 Å². The quantitative estimate of drug-likeness (QED) is 0.533. The van der Waals surface area contributed by atoms with Crippen molar-refractivity contribution in [2.75, 3.05) is 7.11 Å². The zero-order valence-electron chi connectivity index (χ0n) is 13.5. The van der Waals surface area contributed by atoms with E-state index in [9.17, 15) is 4.79 Å². The molecule has 0 saturated carbocycles. The Morgan fingerprint density at radius 2 is 1.84 bits per heavy atom. The van der Waals surface area contributed by atoms with Crippen molar-refractivity contribution >= 4 is 23.9 Å². The number of benzene rings is 2. The molecule has 126 valence electrons. The van der Waals surface area contributed by atoms with Crippen molar-refractivity contribution in [2.24, 2.45) is 5.10 Å². The van der Waals surface area contributed by atoms with E-state index in [-0.39, 0.29) is 5.91 Å². The average molecular weight is 352 g/mol. The van der Waals surface area contributed by atoms with Crippen LogP contribution in [0.3, 0.4) is 0 Å². The lowest BCUT2D eigenvalue weighted by Gasteiger charge is -2.05. The minimum Gasteiger partial charge on any atom is -0.496 e. The molecular weight excluding hydrogens is 336 g/mol. The number of carbonyl (C=O) groups is 1. The highest BCUT2D eigenvalue weighted by atomic mass is 32.2. The van der Waals surface area contributed by atoms with Crippen molar-refractivity contribution in [1.82, 2.24) is 5.43 Å². The summed E-state index contributed by atoms with van der Waals surface area (Å²) in [4.78, 5) is 13.2. The molecule has 5 nitrogen and oxygen atoms in total. The number of hydrogen-bond acceptors (Lipinski definition) is 5. The van der Waals surface area contributed by atoms with E-state index in [1.165, 1.54) is 25.1 Å². The van der Waals surface area contributed by atoms with Gasteiger partial charge in [0.05, 0.1) is 18.9 Å². The van der Waals surface area contributed by atoms with Gasteiger partial charge in [-0.15, -0.1) is 0 Å². The van der Waals surface area contributed by atoms with E-state index in [0.29, 0.717) is 17.1 Å². The highest BCUT2D eigenvalue weighted by Crippen LogP contribution is 2.28. The minimum atomic E-state index is -0.348. The van der Waals surface area contributed by atoms with Gasteiger partial charge in [0.2, 0.25) is 0 Å². The van der Waals surface area contributed by atoms with Crippen molar-refractivity contribution in [1.29, 1.82) is 0 Å².